The van der Waals surface area contributed by atoms with Crippen molar-refractivity contribution in [2.45, 2.75) is 32.0 Å². The number of nitrogens with one attached hydrogen (secondary N) is 1. The summed E-state index contributed by atoms with van der Waals surface area (Å²) in [5.74, 6) is 0.00403. The molecule has 1 fully saturated rings. The van der Waals surface area contributed by atoms with Crippen LogP contribution < -0.4 is 5.32 Å². The Balaban J connectivity index is 1.76. The van der Waals surface area contributed by atoms with Crippen molar-refractivity contribution in [2.24, 2.45) is 0 Å². The van der Waals surface area contributed by atoms with Crippen LogP contribution in [-0.2, 0) is 22.5 Å². The number of rotatable bonds is 2. The number of carbonyl (C=O) groups excluding carboxylic acids is 1. The van der Waals surface area contributed by atoms with Crippen molar-refractivity contribution in [1.82, 2.24) is 10.2 Å². The number of ether oxygens (including phenoxy) is 1. The largest absolute Gasteiger partial charge is 0.375 e. The molecule has 1 amide bonds. The number of non-ortho nitro benzene ring substituents is 1. The first-order valence-corrected chi connectivity index (χ1v) is 7.46. The molecule has 0 bridgehead atoms. The van der Waals surface area contributed by atoms with E-state index in [4.69, 9.17) is 4.74 Å². The minimum absolute atomic E-state index is 0.00403. The summed E-state index contributed by atoms with van der Waals surface area (Å²) in [5.41, 5.74) is 2.01. The van der Waals surface area contributed by atoms with Gasteiger partial charge in [-0.3, -0.25) is 14.9 Å². The molecule has 2 aliphatic heterocycles. The Kier molecular flexibility index (Phi) is 4.08. The standard InChI is InChI=1S/C15H19N3O4/c1-10-14(16-5-7-22-10)15(19)17-6-4-11-2-3-13(18(20)21)8-12(11)9-17/h2-3,8,10,14,16H,4-7,9H2,1H3/t10-,14+/m1/s1. The van der Waals surface area contributed by atoms with Crippen LogP contribution in [0.1, 0.15) is 18.1 Å². The van der Waals surface area contributed by atoms with E-state index in [0.717, 1.165) is 17.5 Å². The highest BCUT2D eigenvalue weighted by Crippen LogP contribution is 2.24. The maximum Gasteiger partial charge on any atom is 0.269 e. The average molecular weight is 305 g/mol. The second-order valence-electron chi connectivity index (χ2n) is 5.73. The first kappa shape index (κ1) is 14.9. The molecule has 0 aliphatic carbocycles. The highest BCUT2D eigenvalue weighted by molar-refractivity contribution is 5.83. The Morgan fingerprint density at radius 2 is 2.27 bits per heavy atom. The molecule has 7 nitrogen and oxygen atoms in total. The van der Waals surface area contributed by atoms with Gasteiger partial charge >= 0.3 is 0 Å². The zero-order chi connectivity index (χ0) is 15.7. The third-order valence-electron chi connectivity index (χ3n) is 4.31. The van der Waals surface area contributed by atoms with E-state index in [0.29, 0.717) is 26.2 Å². The number of hydrogen-bond acceptors (Lipinski definition) is 5. The number of amides is 1. The summed E-state index contributed by atoms with van der Waals surface area (Å²) in [6.07, 6.45) is 0.564. The van der Waals surface area contributed by atoms with Gasteiger partial charge in [-0.15, -0.1) is 0 Å². The lowest BCUT2D eigenvalue weighted by Gasteiger charge is -2.36. The quantitative estimate of drug-likeness (QED) is 0.647. The van der Waals surface area contributed by atoms with Crippen LogP contribution in [0.4, 0.5) is 5.69 Å². The zero-order valence-electron chi connectivity index (χ0n) is 12.4. The first-order valence-electron chi connectivity index (χ1n) is 7.46. The van der Waals surface area contributed by atoms with Crippen LogP contribution in [0.3, 0.4) is 0 Å². The van der Waals surface area contributed by atoms with E-state index >= 15 is 0 Å². The fourth-order valence-electron chi connectivity index (χ4n) is 3.05. The van der Waals surface area contributed by atoms with Gasteiger partial charge in [0, 0.05) is 31.8 Å². The third kappa shape index (κ3) is 2.82. The Bertz CT molecular complexity index is 604. The molecular weight excluding hydrogens is 286 g/mol. The van der Waals surface area contributed by atoms with Crippen LogP contribution in [0.2, 0.25) is 0 Å². The molecule has 0 unspecified atom stereocenters. The Morgan fingerprint density at radius 1 is 1.45 bits per heavy atom. The van der Waals surface area contributed by atoms with Gasteiger partial charge in [0.25, 0.3) is 5.69 Å². The zero-order valence-corrected chi connectivity index (χ0v) is 12.4. The van der Waals surface area contributed by atoms with Crippen LogP contribution in [-0.4, -0.2) is 47.6 Å². The molecule has 7 heteroatoms. The molecule has 1 N–H and O–H groups in total. The Morgan fingerprint density at radius 3 is 3.00 bits per heavy atom. The monoisotopic (exact) mass is 305 g/mol. The number of benzene rings is 1. The van der Waals surface area contributed by atoms with E-state index < -0.39 is 4.92 Å². The maximum absolute atomic E-state index is 12.6. The molecular formula is C15H19N3O4. The Hall–Kier alpha value is -1.99. The van der Waals surface area contributed by atoms with E-state index in [-0.39, 0.29) is 23.7 Å². The molecule has 1 saturated heterocycles. The summed E-state index contributed by atoms with van der Waals surface area (Å²) in [7, 11) is 0. The maximum atomic E-state index is 12.6. The summed E-state index contributed by atoms with van der Waals surface area (Å²) in [6, 6.07) is 4.55. The van der Waals surface area contributed by atoms with Crippen LogP contribution in [0, 0.1) is 10.1 Å². The molecule has 22 heavy (non-hydrogen) atoms. The van der Waals surface area contributed by atoms with Crippen LogP contribution in [0.5, 0.6) is 0 Å². The summed E-state index contributed by atoms with van der Waals surface area (Å²) in [5, 5.41) is 14.1. The molecule has 118 valence electrons. The molecule has 1 aromatic rings. The molecule has 1 aromatic carbocycles. The predicted octanol–water partition coefficient (Wildman–Crippen LogP) is 0.856. The first-order chi connectivity index (χ1) is 10.6. The lowest BCUT2D eigenvalue weighted by atomic mass is 9.98. The van der Waals surface area contributed by atoms with Crippen molar-refractivity contribution in [1.29, 1.82) is 0 Å². The summed E-state index contributed by atoms with van der Waals surface area (Å²) in [4.78, 5) is 24.9. The fourth-order valence-corrected chi connectivity index (χ4v) is 3.05. The highest BCUT2D eigenvalue weighted by atomic mass is 16.6. The van der Waals surface area contributed by atoms with Crippen molar-refractivity contribution < 1.29 is 14.5 Å². The van der Waals surface area contributed by atoms with E-state index in [1.807, 2.05) is 6.92 Å². The summed E-state index contributed by atoms with van der Waals surface area (Å²) < 4.78 is 5.52. The molecule has 0 radical (unpaired) electrons. The van der Waals surface area contributed by atoms with Gasteiger partial charge < -0.3 is 15.0 Å². The van der Waals surface area contributed by atoms with Gasteiger partial charge in [0.2, 0.25) is 5.91 Å². The van der Waals surface area contributed by atoms with Gasteiger partial charge in [-0.2, -0.15) is 0 Å². The van der Waals surface area contributed by atoms with Gasteiger partial charge in [0.15, 0.2) is 0 Å². The minimum atomic E-state index is -0.403. The number of carbonyl (C=O) groups is 1. The lowest BCUT2D eigenvalue weighted by molar-refractivity contribution is -0.385. The fraction of sp³-hybridized carbons (Fsp3) is 0.533. The normalized spacial score (nSPS) is 24.7. The SMILES string of the molecule is C[C@H]1OCCN[C@@H]1C(=O)N1CCc2ccc([N+](=O)[O-])cc2C1. The van der Waals surface area contributed by atoms with Gasteiger partial charge in [-0.1, -0.05) is 6.07 Å². The third-order valence-corrected chi connectivity index (χ3v) is 4.31. The molecule has 3 rings (SSSR count). The van der Waals surface area contributed by atoms with Gasteiger partial charge in [-0.25, -0.2) is 0 Å². The molecule has 2 heterocycles. The minimum Gasteiger partial charge on any atom is -0.375 e. The number of fused-ring (bicyclic) bond motifs is 1. The van der Waals surface area contributed by atoms with Gasteiger partial charge in [0.1, 0.15) is 6.04 Å². The van der Waals surface area contributed by atoms with E-state index in [2.05, 4.69) is 5.32 Å². The van der Waals surface area contributed by atoms with E-state index in [9.17, 15) is 14.9 Å². The number of nitro groups is 1. The smallest absolute Gasteiger partial charge is 0.269 e. The van der Waals surface area contributed by atoms with Gasteiger partial charge in [-0.05, 0) is 24.5 Å². The lowest BCUT2D eigenvalue weighted by Crippen LogP contribution is -2.57. The average Bonchev–Trinajstić information content (AvgIpc) is 2.53. The van der Waals surface area contributed by atoms with E-state index in [1.165, 1.54) is 6.07 Å². The number of morpholine rings is 1. The number of hydrogen-bond donors (Lipinski definition) is 1. The van der Waals surface area contributed by atoms with Crippen LogP contribution >= 0.6 is 0 Å². The van der Waals surface area contributed by atoms with Gasteiger partial charge in [0.05, 0.1) is 17.6 Å². The van der Waals surface area contributed by atoms with Crippen molar-refractivity contribution in [2.75, 3.05) is 19.7 Å². The van der Waals surface area contributed by atoms with Crippen molar-refractivity contribution in [3.63, 3.8) is 0 Å². The second kappa shape index (κ2) is 6.02. The van der Waals surface area contributed by atoms with Crippen LogP contribution in [0.25, 0.3) is 0 Å². The molecule has 2 atom stereocenters. The Labute approximate surface area is 128 Å². The van der Waals surface area contributed by atoms with Crippen molar-refractivity contribution >= 4 is 11.6 Å². The summed E-state index contributed by atoms with van der Waals surface area (Å²) in [6.45, 7) is 4.21. The number of nitro benzene ring substituents is 1. The number of nitrogens with zero attached hydrogens (tertiary/aromatic N) is 2. The second-order valence-corrected chi connectivity index (χ2v) is 5.73. The van der Waals surface area contributed by atoms with Crippen molar-refractivity contribution in [3.05, 3.63) is 39.4 Å². The molecule has 0 saturated carbocycles. The van der Waals surface area contributed by atoms with E-state index in [1.54, 1.807) is 17.0 Å². The molecule has 0 spiro atoms. The topological polar surface area (TPSA) is 84.7 Å². The molecule has 2 aliphatic rings. The molecule has 0 aromatic heterocycles. The highest BCUT2D eigenvalue weighted by Gasteiger charge is 2.33. The van der Waals surface area contributed by atoms with Crippen LogP contribution in [0.15, 0.2) is 18.2 Å². The van der Waals surface area contributed by atoms with Crippen molar-refractivity contribution in [3.8, 4) is 0 Å². The summed E-state index contributed by atoms with van der Waals surface area (Å²) >= 11 is 0. The predicted molar refractivity (Wildman–Crippen MR) is 79.4 cm³/mol.